The van der Waals surface area contributed by atoms with Crippen molar-refractivity contribution in [2.24, 2.45) is 0 Å². The number of benzene rings is 1. The summed E-state index contributed by atoms with van der Waals surface area (Å²) in [5.41, 5.74) is 1.44. The summed E-state index contributed by atoms with van der Waals surface area (Å²) in [7, 11) is 0. The van der Waals surface area contributed by atoms with Gasteiger partial charge in [0.2, 0.25) is 5.91 Å². The van der Waals surface area contributed by atoms with E-state index in [1.807, 2.05) is 23.1 Å². The van der Waals surface area contributed by atoms with Gasteiger partial charge in [-0.05, 0) is 31.4 Å². The number of thiazole rings is 1. The number of nitrogens with zero attached hydrogens (tertiary/aromatic N) is 2. The lowest BCUT2D eigenvalue weighted by molar-refractivity contribution is -0.187. The van der Waals surface area contributed by atoms with Crippen LogP contribution in [0.3, 0.4) is 0 Å². The molecule has 0 radical (unpaired) electrons. The maximum Gasteiger partial charge on any atom is 0.257 e. The number of rotatable bonds is 3. The lowest BCUT2D eigenvalue weighted by Gasteiger charge is -2.39. The third-order valence-corrected chi connectivity index (χ3v) is 7.21. The van der Waals surface area contributed by atoms with Gasteiger partial charge >= 0.3 is 0 Å². The SMILES string of the molecule is O=C(Nc1nc2c(s1)CCCC2C(=O)N1CCC2(CC1)OCCO2)c1ccccc1. The average molecular weight is 428 g/mol. The number of piperidine rings is 1. The molecule has 1 spiro atoms. The molecule has 5 rings (SSSR count). The minimum Gasteiger partial charge on any atom is -0.347 e. The zero-order valence-electron chi connectivity index (χ0n) is 16.8. The van der Waals surface area contributed by atoms with E-state index in [2.05, 4.69) is 10.3 Å². The number of fused-ring (bicyclic) bond motifs is 1. The zero-order valence-corrected chi connectivity index (χ0v) is 17.6. The molecule has 7 nitrogen and oxygen atoms in total. The van der Waals surface area contributed by atoms with E-state index in [1.165, 1.54) is 11.3 Å². The number of aromatic nitrogens is 1. The maximum absolute atomic E-state index is 13.3. The van der Waals surface area contributed by atoms with E-state index in [0.717, 1.165) is 29.8 Å². The second-order valence-electron chi connectivity index (χ2n) is 8.03. The summed E-state index contributed by atoms with van der Waals surface area (Å²) >= 11 is 1.49. The first-order valence-corrected chi connectivity index (χ1v) is 11.4. The van der Waals surface area contributed by atoms with Crippen molar-refractivity contribution in [1.82, 2.24) is 9.88 Å². The molecule has 8 heteroatoms. The molecule has 1 aromatic carbocycles. The molecule has 3 aliphatic rings. The zero-order chi connectivity index (χ0) is 20.6. The molecule has 0 saturated carbocycles. The molecule has 1 unspecified atom stereocenters. The minimum atomic E-state index is -0.482. The molecule has 2 saturated heterocycles. The lowest BCUT2D eigenvalue weighted by atomic mass is 9.89. The first-order valence-electron chi connectivity index (χ1n) is 10.6. The third kappa shape index (κ3) is 3.75. The first-order chi connectivity index (χ1) is 14.6. The molecule has 1 N–H and O–H groups in total. The number of carbonyl (C=O) groups is 2. The van der Waals surface area contributed by atoms with Gasteiger partial charge in [0.1, 0.15) is 0 Å². The van der Waals surface area contributed by atoms with E-state index < -0.39 is 5.79 Å². The van der Waals surface area contributed by atoms with Crippen LogP contribution < -0.4 is 5.32 Å². The Morgan fingerprint density at radius 2 is 1.87 bits per heavy atom. The Bertz CT molecular complexity index is 929. The number of likely N-dealkylation sites (tertiary alicyclic amines) is 1. The molecule has 158 valence electrons. The molecule has 1 atom stereocenters. The number of nitrogens with one attached hydrogen (secondary N) is 1. The van der Waals surface area contributed by atoms with Crippen molar-refractivity contribution in [2.45, 2.75) is 43.8 Å². The van der Waals surface area contributed by atoms with Crippen LogP contribution in [0.2, 0.25) is 0 Å². The number of ether oxygens (including phenoxy) is 2. The van der Waals surface area contributed by atoms with Gasteiger partial charge in [-0.25, -0.2) is 4.98 Å². The highest BCUT2D eigenvalue weighted by atomic mass is 32.1. The number of anilines is 1. The second kappa shape index (κ2) is 8.09. The molecule has 30 heavy (non-hydrogen) atoms. The molecular formula is C22H25N3O4S. The van der Waals surface area contributed by atoms with Crippen LogP contribution in [0.25, 0.3) is 0 Å². The molecule has 2 amide bonds. The molecular weight excluding hydrogens is 402 g/mol. The van der Waals surface area contributed by atoms with Crippen molar-refractivity contribution in [3.05, 3.63) is 46.5 Å². The van der Waals surface area contributed by atoms with Gasteiger partial charge in [-0.15, -0.1) is 11.3 Å². The summed E-state index contributed by atoms with van der Waals surface area (Å²) in [6.07, 6.45) is 4.10. The van der Waals surface area contributed by atoms with Gasteiger partial charge in [-0.1, -0.05) is 18.2 Å². The molecule has 1 aliphatic carbocycles. The smallest absolute Gasteiger partial charge is 0.257 e. The highest BCUT2D eigenvalue weighted by molar-refractivity contribution is 7.16. The normalized spacial score (nSPS) is 22.7. The van der Waals surface area contributed by atoms with Crippen molar-refractivity contribution in [3.8, 4) is 0 Å². The summed E-state index contributed by atoms with van der Waals surface area (Å²) in [6, 6.07) is 9.09. The molecule has 2 aliphatic heterocycles. The summed E-state index contributed by atoms with van der Waals surface area (Å²) in [6.45, 7) is 2.56. The van der Waals surface area contributed by atoms with Crippen LogP contribution in [0.5, 0.6) is 0 Å². The van der Waals surface area contributed by atoms with Gasteiger partial charge in [0.15, 0.2) is 10.9 Å². The van der Waals surface area contributed by atoms with Crippen LogP contribution in [0.1, 0.15) is 52.5 Å². The number of aryl methyl sites for hydroxylation is 1. The quantitative estimate of drug-likeness (QED) is 0.814. The van der Waals surface area contributed by atoms with E-state index in [9.17, 15) is 9.59 Å². The number of hydrogen-bond acceptors (Lipinski definition) is 6. The van der Waals surface area contributed by atoms with Gasteiger partial charge < -0.3 is 14.4 Å². The Morgan fingerprint density at radius 1 is 1.13 bits per heavy atom. The molecule has 1 aromatic heterocycles. The van der Waals surface area contributed by atoms with Crippen molar-refractivity contribution in [1.29, 1.82) is 0 Å². The Labute approximate surface area is 179 Å². The Morgan fingerprint density at radius 3 is 2.60 bits per heavy atom. The van der Waals surface area contributed by atoms with E-state index in [-0.39, 0.29) is 17.7 Å². The topological polar surface area (TPSA) is 80.8 Å². The molecule has 3 heterocycles. The van der Waals surface area contributed by atoms with Crippen LogP contribution in [0.15, 0.2) is 30.3 Å². The van der Waals surface area contributed by atoms with Crippen LogP contribution in [0.4, 0.5) is 5.13 Å². The van der Waals surface area contributed by atoms with Gasteiger partial charge in [0.25, 0.3) is 5.91 Å². The number of hydrogen-bond donors (Lipinski definition) is 1. The van der Waals surface area contributed by atoms with Crippen LogP contribution in [-0.2, 0) is 20.7 Å². The van der Waals surface area contributed by atoms with E-state index >= 15 is 0 Å². The van der Waals surface area contributed by atoms with E-state index in [0.29, 0.717) is 49.8 Å². The van der Waals surface area contributed by atoms with Crippen molar-refractivity contribution in [2.75, 3.05) is 31.6 Å². The van der Waals surface area contributed by atoms with Crippen molar-refractivity contribution in [3.63, 3.8) is 0 Å². The molecule has 2 aromatic rings. The highest BCUT2D eigenvalue weighted by Gasteiger charge is 2.42. The van der Waals surface area contributed by atoms with Crippen LogP contribution >= 0.6 is 11.3 Å². The molecule has 0 bridgehead atoms. The monoisotopic (exact) mass is 427 g/mol. The van der Waals surface area contributed by atoms with Crippen LogP contribution in [0, 0.1) is 0 Å². The minimum absolute atomic E-state index is 0.134. The summed E-state index contributed by atoms with van der Waals surface area (Å²) in [5, 5.41) is 3.47. The predicted molar refractivity (Wildman–Crippen MR) is 113 cm³/mol. The second-order valence-corrected chi connectivity index (χ2v) is 9.11. The summed E-state index contributed by atoms with van der Waals surface area (Å²) in [5.74, 6) is -0.756. The fraction of sp³-hybridized carbons (Fsp3) is 0.500. The Kier molecular flexibility index (Phi) is 5.30. The predicted octanol–water partition coefficient (Wildman–Crippen LogP) is 3.18. The highest BCUT2D eigenvalue weighted by Crippen LogP contribution is 2.39. The fourth-order valence-corrected chi connectivity index (χ4v) is 5.60. The maximum atomic E-state index is 13.3. The van der Waals surface area contributed by atoms with Crippen LogP contribution in [-0.4, -0.2) is 53.8 Å². The third-order valence-electron chi connectivity index (χ3n) is 6.16. The van der Waals surface area contributed by atoms with Gasteiger partial charge in [0.05, 0.1) is 24.8 Å². The van der Waals surface area contributed by atoms with E-state index in [4.69, 9.17) is 9.47 Å². The Hall–Kier alpha value is -2.29. The van der Waals surface area contributed by atoms with Gasteiger partial charge in [0, 0.05) is 36.4 Å². The van der Waals surface area contributed by atoms with Crippen molar-refractivity contribution >= 4 is 28.3 Å². The summed E-state index contributed by atoms with van der Waals surface area (Å²) < 4.78 is 11.6. The first kappa shape index (κ1) is 19.7. The number of amides is 2. The van der Waals surface area contributed by atoms with Crippen molar-refractivity contribution < 1.29 is 19.1 Å². The lowest BCUT2D eigenvalue weighted by Crippen LogP contribution is -2.48. The Balaban J connectivity index is 1.28. The molecule has 2 fully saturated rings. The largest absolute Gasteiger partial charge is 0.347 e. The fourth-order valence-electron chi connectivity index (χ4n) is 4.54. The van der Waals surface area contributed by atoms with Gasteiger partial charge in [-0.2, -0.15) is 0 Å². The summed E-state index contributed by atoms with van der Waals surface area (Å²) in [4.78, 5) is 33.5. The number of carbonyl (C=O) groups excluding carboxylic acids is 2. The standard InChI is InChI=1S/C22H25N3O4S/c26-19(15-5-2-1-3-6-15)24-21-23-18-16(7-4-8-17(18)30-21)20(27)25-11-9-22(10-12-25)28-13-14-29-22/h1-3,5-6,16H,4,7-14H2,(H,23,24,26). The average Bonchev–Trinajstić information content (AvgIpc) is 3.41. The van der Waals surface area contributed by atoms with Gasteiger partial charge in [-0.3, -0.25) is 14.9 Å². The van der Waals surface area contributed by atoms with E-state index in [1.54, 1.807) is 12.1 Å².